The van der Waals surface area contributed by atoms with Gasteiger partial charge in [0.2, 0.25) is 0 Å². The van der Waals surface area contributed by atoms with Crippen LogP contribution in [0.15, 0.2) is 83.5 Å². The van der Waals surface area contributed by atoms with Gasteiger partial charge >= 0.3 is 0 Å². The van der Waals surface area contributed by atoms with Gasteiger partial charge in [0, 0.05) is 17.1 Å². The first kappa shape index (κ1) is 24.3. The molecule has 0 spiro atoms. The second-order valence-electron chi connectivity index (χ2n) is 7.72. The highest BCUT2D eigenvalue weighted by molar-refractivity contribution is 6.47. The summed E-state index contributed by atoms with van der Waals surface area (Å²) in [7, 11) is 1.51. The first-order chi connectivity index (χ1) is 16.9. The van der Waals surface area contributed by atoms with Crippen LogP contribution in [0.4, 0.5) is 5.69 Å². The Balaban J connectivity index is 1.38. The van der Waals surface area contributed by atoms with Gasteiger partial charge in [-0.05, 0) is 41.5 Å². The van der Waals surface area contributed by atoms with Crippen LogP contribution < -0.4 is 15.4 Å². The van der Waals surface area contributed by atoms with Gasteiger partial charge in [0.15, 0.2) is 0 Å². The Hall–Kier alpha value is -3.81. The number of carbonyl (C=O) groups is 3. The number of amides is 3. The van der Waals surface area contributed by atoms with Crippen molar-refractivity contribution in [3.8, 4) is 5.75 Å². The third-order valence-corrected chi connectivity index (χ3v) is 5.98. The molecule has 4 rings (SSSR count). The fourth-order valence-corrected chi connectivity index (χ4v) is 3.97. The molecule has 3 aromatic rings. The SMILES string of the molecule is COc1ccc(Cl)cc1NC(=O)c1ccc(CNC2=C(Cl)C(=O)N(Cc3ccccc3)C2=O)cc1. The molecule has 1 heterocycles. The lowest BCUT2D eigenvalue weighted by molar-refractivity contribution is -0.138. The van der Waals surface area contributed by atoms with E-state index >= 15 is 0 Å². The largest absolute Gasteiger partial charge is 0.495 e. The Kier molecular flexibility index (Phi) is 7.39. The minimum atomic E-state index is -0.536. The molecular weight excluding hydrogens is 489 g/mol. The van der Waals surface area contributed by atoms with Crippen molar-refractivity contribution in [1.82, 2.24) is 10.2 Å². The van der Waals surface area contributed by atoms with Crippen molar-refractivity contribution in [3.63, 3.8) is 0 Å². The van der Waals surface area contributed by atoms with Crippen LogP contribution in [0.2, 0.25) is 5.02 Å². The van der Waals surface area contributed by atoms with Crippen LogP contribution in [-0.4, -0.2) is 29.7 Å². The summed E-state index contributed by atoms with van der Waals surface area (Å²) >= 11 is 12.2. The number of carbonyl (C=O) groups excluding carboxylic acids is 3. The van der Waals surface area contributed by atoms with Gasteiger partial charge in [0.25, 0.3) is 17.7 Å². The van der Waals surface area contributed by atoms with Gasteiger partial charge in [0.05, 0.1) is 19.3 Å². The van der Waals surface area contributed by atoms with E-state index in [9.17, 15) is 14.4 Å². The highest BCUT2D eigenvalue weighted by atomic mass is 35.5. The predicted molar refractivity (Wildman–Crippen MR) is 134 cm³/mol. The Labute approximate surface area is 212 Å². The van der Waals surface area contributed by atoms with Gasteiger partial charge in [-0.1, -0.05) is 65.7 Å². The Morgan fingerprint density at radius 2 is 1.63 bits per heavy atom. The van der Waals surface area contributed by atoms with Crippen molar-refractivity contribution in [2.24, 2.45) is 0 Å². The second-order valence-corrected chi connectivity index (χ2v) is 8.53. The summed E-state index contributed by atoms with van der Waals surface area (Å²) < 4.78 is 5.25. The maximum absolute atomic E-state index is 12.8. The number of halogens is 2. The Morgan fingerprint density at radius 3 is 2.31 bits per heavy atom. The van der Waals surface area contributed by atoms with Crippen molar-refractivity contribution in [1.29, 1.82) is 0 Å². The topological polar surface area (TPSA) is 87.7 Å². The molecule has 35 heavy (non-hydrogen) atoms. The summed E-state index contributed by atoms with van der Waals surface area (Å²) in [6.07, 6.45) is 0. The van der Waals surface area contributed by atoms with Gasteiger partial charge in [0.1, 0.15) is 16.5 Å². The predicted octanol–water partition coefficient (Wildman–Crippen LogP) is 4.71. The maximum Gasteiger partial charge on any atom is 0.278 e. The van der Waals surface area contributed by atoms with Gasteiger partial charge in [-0.3, -0.25) is 19.3 Å². The van der Waals surface area contributed by atoms with Gasteiger partial charge < -0.3 is 15.4 Å². The van der Waals surface area contributed by atoms with Crippen LogP contribution in [0.5, 0.6) is 5.75 Å². The Bertz CT molecular complexity index is 1310. The van der Waals surface area contributed by atoms with E-state index in [1.807, 2.05) is 30.3 Å². The number of methoxy groups -OCH3 is 1. The van der Waals surface area contributed by atoms with Crippen molar-refractivity contribution in [2.45, 2.75) is 13.1 Å². The van der Waals surface area contributed by atoms with E-state index in [-0.39, 0.29) is 29.7 Å². The lowest BCUT2D eigenvalue weighted by Crippen LogP contribution is -2.33. The standard InChI is InChI=1S/C26H21Cl2N3O4/c1-35-21-12-11-19(27)13-20(21)30-24(32)18-9-7-16(8-10-18)14-29-23-22(28)25(33)31(26(23)34)15-17-5-3-2-4-6-17/h2-13,29H,14-15H2,1H3,(H,30,32). The molecule has 7 nitrogen and oxygen atoms in total. The fourth-order valence-electron chi connectivity index (χ4n) is 3.55. The number of imide groups is 1. The molecular formula is C26H21Cl2N3O4. The van der Waals surface area contributed by atoms with E-state index < -0.39 is 11.8 Å². The number of hydrogen-bond donors (Lipinski definition) is 2. The second kappa shape index (κ2) is 10.6. The lowest BCUT2D eigenvalue weighted by atomic mass is 10.1. The lowest BCUT2D eigenvalue weighted by Gasteiger charge is -2.15. The van der Waals surface area contributed by atoms with E-state index in [1.165, 1.54) is 7.11 Å². The van der Waals surface area contributed by atoms with Gasteiger partial charge in [-0.15, -0.1) is 0 Å². The molecule has 3 aromatic carbocycles. The number of hydrogen-bond acceptors (Lipinski definition) is 5. The smallest absolute Gasteiger partial charge is 0.278 e. The van der Waals surface area contributed by atoms with E-state index in [0.29, 0.717) is 22.0 Å². The van der Waals surface area contributed by atoms with Crippen molar-refractivity contribution in [3.05, 3.63) is 105 Å². The molecule has 0 radical (unpaired) electrons. The number of rotatable bonds is 8. The number of ether oxygens (including phenoxy) is 1. The highest BCUT2D eigenvalue weighted by Crippen LogP contribution is 2.28. The summed E-state index contributed by atoms with van der Waals surface area (Å²) in [6, 6.07) is 20.9. The summed E-state index contributed by atoms with van der Waals surface area (Å²) in [5.74, 6) is -0.850. The van der Waals surface area contributed by atoms with Crippen LogP contribution in [0.3, 0.4) is 0 Å². The number of nitrogens with zero attached hydrogens (tertiary/aromatic N) is 1. The number of benzene rings is 3. The van der Waals surface area contributed by atoms with Crippen molar-refractivity contribution >= 4 is 46.6 Å². The average molecular weight is 510 g/mol. The van der Waals surface area contributed by atoms with Gasteiger partial charge in [-0.2, -0.15) is 0 Å². The number of anilines is 1. The zero-order valence-electron chi connectivity index (χ0n) is 18.7. The molecule has 0 aliphatic carbocycles. The molecule has 0 bridgehead atoms. The molecule has 0 aromatic heterocycles. The zero-order valence-corrected chi connectivity index (χ0v) is 20.2. The van der Waals surface area contributed by atoms with E-state index in [0.717, 1.165) is 16.0 Å². The van der Waals surface area contributed by atoms with Gasteiger partial charge in [-0.25, -0.2) is 0 Å². The zero-order chi connectivity index (χ0) is 24.9. The molecule has 0 atom stereocenters. The van der Waals surface area contributed by atoms with E-state index in [1.54, 1.807) is 42.5 Å². The molecule has 3 amide bonds. The molecule has 1 aliphatic heterocycles. The van der Waals surface area contributed by atoms with Crippen molar-refractivity contribution in [2.75, 3.05) is 12.4 Å². The summed E-state index contributed by atoms with van der Waals surface area (Å²) in [6.45, 7) is 0.384. The number of nitrogens with one attached hydrogen (secondary N) is 2. The first-order valence-electron chi connectivity index (χ1n) is 10.6. The molecule has 0 unspecified atom stereocenters. The maximum atomic E-state index is 12.8. The molecule has 0 saturated carbocycles. The fraction of sp³-hybridized carbons (Fsp3) is 0.115. The molecule has 9 heteroatoms. The third-order valence-electron chi connectivity index (χ3n) is 5.39. The average Bonchev–Trinajstić information content (AvgIpc) is 3.06. The quantitative estimate of drug-likeness (QED) is 0.429. The monoisotopic (exact) mass is 509 g/mol. The third kappa shape index (κ3) is 5.48. The minimum absolute atomic E-state index is 0.0578. The minimum Gasteiger partial charge on any atom is -0.495 e. The van der Waals surface area contributed by atoms with E-state index in [2.05, 4.69) is 10.6 Å². The molecule has 178 valence electrons. The molecule has 1 aliphatic rings. The van der Waals surface area contributed by atoms with E-state index in [4.69, 9.17) is 27.9 Å². The van der Waals surface area contributed by atoms with Crippen LogP contribution in [0.25, 0.3) is 0 Å². The Morgan fingerprint density at radius 1 is 0.914 bits per heavy atom. The summed E-state index contributed by atoms with van der Waals surface area (Å²) in [4.78, 5) is 39.0. The van der Waals surface area contributed by atoms with Crippen LogP contribution in [0.1, 0.15) is 21.5 Å². The molecule has 2 N–H and O–H groups in total. The molecule has 0 saturated heterocycles. The first-order valence-corrected chi connectivity index (χ1v) is 11.4. The van der Waals surface area contributed by atoms with Crippen LogP contribution in [-0.2, 0) is 22.7 Å². The summed E-state index contributed by atoms with van der Waals surface area (Å²) in [5, 5.41) is 6.07. The van der Waals surface area contributed by atoms with Crippen LogP contribution >= 0.6 is 23.2 Å². The highest BCUT2D eigenvalue weighted by Gasteiger charge is 2.37. The van der Waals surface area contributed by atoms with Crippen molar-refractivity contribution < 1.29 is 19.1 Å². The molecule has 0 fully saturated rings. The normalized spacial score (nSPS) is 13.3. The van der Waals surface area contributed by atoms with Crippen LogP contribution in [0, 0.1) is 0 Å². The summed E-state index contributed by atoms with van der Waals surface area (Å²) in [5.41, 5.74) is 2.56.